The molecule has 120 valence electrons. The molecule has 23 heavy (non-hydrogen) atoms. The first kappa shape index (κ1) is 16.8. The molecule has 0 saturated heterocycles. The number of hydrogen-bond donors (Lipinski definition) is 1. The third-order valence-electron chi connectivity index (χ3n) is 3.05. The van der Waals surface area contributed by atoms with Gasteiger partial charge in [0.15, 0.2) is 6.61 Å². The standard InChI is InChI=1S/C17H16ClNO4/c1-11-7-8-13(18)15(9-11)23-10-16(20)19-14-6-4-3-5-12(14)17(21)22-2/h3-9H,10H2,1-2H3,(H,19,20). The van der Waals surface area contributed by atoms with Gasteiger partial charge in [-0.2, -0.15) is 0 Å². The highest BCUT2D eigenvalue weighted by Gasteiger charge is 2.14. The molecule has 6 heteroatoms. The van der Waals surface area contributed by atoms with Crippen molar-refractivity contribution in [3.05, 3.63) is 58.6 Å². The fourth-order valence-corrected chi connectivity index (χ4v) is 2.10. The number of carbonyl (C=O) groups is 2. The van der Waals surface area contributed by atoms with Crippen LogP contribution in [0.4, 0.5) is 5.69 Å². The maximum Gasteiger partial charge on any atom is 0.339 e. The van der Waals surface area contributed by atoms with Crippen molar-refractivity contribution in [3.63, 3.8) is 0 Å². The van der Waals surface area contributed by atoms with E-state index in [1.165, 1.54) is 7.11 Å². The summed E-state index contributed by atoms with van der Waals surface area (Å²) in [6.45, 7) is 1.68. The largest absolute Gasteiger partial charge is 0.482 e. The molecule has 0 fully saturated rings. The Kier molecular flexibility index (Phi) is 5.60. The molecule has 0 aliphatic carbocycles. The van der Waals surface area contributed by atoms with Gasteiger partial charge in [-0.1, -0.05) is 29.8 Å². The van der Waals surface area contributed by atoms with Crippen LogP contribution in [-0.2, 0) is 9.53 Å². The molecule has 0 radical (unpaired) electrons. The molecule has 0 unspecified atom stereocenters. The Hall–Kier alpha value is -2.53. The molecule has 1 N–H and O–H groups in total. The van der Waals surface area contributed by atoms with Crippen molar-refractivity contribution < 1.29 is 19.1 Å². The topological polar surface area (TPSA) is 64.6 Å². The molecular weight excluding hydrogens is 318 g/mol. The summed E-state index contributed by atoms with van der Waals surface area (Å²) < 4.78 is 10.1. The number of benzene rings is 2. The summed E-state index contributed by atoms with van der Waals surface area (Å²) in [5, 5.41) is 3.05. The highest BCUT2D eigenvalue weighted by Crippen LogP contribution is 2.25. The van der Waals surface area contributed by atoms with E-state index in [9.17, 15) is 9.59 Å². The first-order valence-corrected chi connectivity index (χ1v) is 7.25. The van der Waals surface area contributed by atoms with Crippen molar-refractivity contribution in [1.29, 1.82) is 0 Å². The normalized spacial score (nSPS) is 10.0. The number of methoxy groups -OCH3 is 1. The minimum absolute atomic E-state index is 0.224. The van der Waals surface area contributed by atoms with Gasteiger partial charge in [-0.15, -0.1) is 0 Å². The zero-order valence-electron chi connectivity index (χ0n) is 12.8. The zero-order chi connectivity index (χ0) is 16.8. The number of esters is 1. The number of halogens is 1. The van der Waals surface area contributed by atoms with E-state index >= 15 is 0 Å². The molecule has 0 aliphatic rings. The van der Waals surface area contributed by atoms with Crippen LogP contribution in [0.5, 0.6) is 5.75 Å². The van der Waals surface area contributed by atoms with Crippen molar-refractivity contribution in [1.82, 2.24) is 0 Å². The Labute approximate surface area is 139 Å². The lowest BCUT2D eigenvalue weighted by Crippen LogP contribution is -2.21. The molecule has 0 saturated carbocycles. The molecule has 0 spiro atoms. The van der Waals surface area contributed by atoms with Crippen molar-refractivity contribution in [3.8, 4) is 5.75 Å². The van der Waals surface area contributed by atoms with Crippen LogP contribution < -0.4 is 10.1 Å². The Bertz CT molecular complexity index is 730. The predicted octanol–water partition coefficient (Wildman–Crippen LogP) is 3.45. The Morgan fingerprint density at radius 1 is 1.17 bits per heavy atom. The second kappa shape index (κ2) is 7.65. The SMILES string of the molecule is COC(=O)c1ccccc1NC(=O)COc1cc(C)ccc1Cl. The monoisotopic (exact) mass is 333 g/mol. The van der Waals surface area contributed by atoms with E-state index in [1.807, 2.05) is 13.0 Å². The van der Waals surface area contributed by atoms with Crippen LogP contribution in [0.2, 0.25) is 5.02 Å². The summed E-state index contributed by atoms with van der Waals surface area (Å²) in [4.78, 5) is 23.7. The number of aryl methyl sites for hydroxylation is 1. The smallest absolute Gasteiger partial charge is 0.339 e. The highest BCUT2D eigenvalue weighted by atomic mass is 35.5. The number of hydrogen-bond acceptors (Lipinski definition) is 4. The fraction of sp³-hybridized carbons (Fsp3) is 0.176. The average Bonchev–Trinajstić information content (AvgIpc) is 2.55. The number of rotatable bonds is 5. The molecule has 2 aromatic carbocycles. The molecule has 0 heterocycles. The van der Waals surface area contributed by atoms with E-state index in [1.54, 1.807) is 36.4 Å². The van der Waals surface area contributed by atoms with Gasteiger partial charge in [0, 0.05) is 0 Å². The summed E-state index contributed by atoms with van der Waals surface area (Å²) in [7, 11) is 1.28. The molecule has 2 aromatic rings. The van der Waals surface area contributed by atoms with E-state index in [4.69, 9.17) is 16.3 Å². The number of nitrogens with one attached hydrogen (secondary N) is 1. The van der Waals surface area contributed by atoms with Crippen molar-refractivity contribution in [2.45, 2.75) is 6.92 Å². The summed E-state index contributed by atoms with van der Waals surface area (Å²) in [6, 6.07) is 11.9. The third-order valence-corrected chi connectivity index (χ3v) is 3.36. The molecule has 0 aromatic heterocycles. The van der Waals surface area contributed by atoms with Crippen molar-refractivity contribution in [2.24, 2.45) is 0 Å². The fourth-order valence-electron chi connectivity index (χ4n) is 1.93. The maximum atomic E-state index is 12.0. The van der Waals surface area contributed by atoms with Gasteiger partial charge in [-0.3, -0.25) is 4.79 Å². The van der Waals surface area contributed by atoms with Crippen LogP contribution in [0, 0.1) is 6.92 Å². The summed E-state index contributed by atoms with van der Waals surface area (Å²) in [5.74, 6) is -0.495. The maximum absolute atomic E-state index is 12.0. The first-order valence-electron chi connectivity index (χ1n) is 6.87. The number of amides is 1. The van der Waals surface area contributed by atoms with E-state index in [2.05, 4.69) is 10.1 Å². The van der Waals surface area contributed by atoms with E-state index < -0.39 is 11.9 Å². The van der Waals surface area contributed by atoms with Crippen molar-refractivity contribution in [2.75, 3.05) is 19.0 Å². The van der Waals surface area contributed by atoms with Crippen molar-refractivity contribution >= 4 is 29.2 Å². The lowest BCUT2D eigenvalue weighted by atomic mass is 10.2. The van der Waals surface area contributed by atoms with Crippen LogP contribution in [0.25, 0.3) is 0 Å². The third kappa shape index (κ3) is 4.47. The summed E-state index contributed by atoms with van der Waals surface area (Å²) >= 11 is 6.01. The second-order valence-electron chi connectivity index (χ2n) is 4.81. The predicted molar refractivity (Wildman–Crippen MR) is 88.1 cm³/mol. The van der Waals surface area contributed by atoms with Crippen LogP contribution in [0.15, 0.2) is 42.5 Å². The average molecular weight is 334 g/mol. The molecule has 0 atom stereocenters. The number of carbonyl (C=O) groups excluding carboxylic acids is 2. The lowest BCUT2D eigenvalue weighted by Gasteiger charge is -2.11. The van der Waals surface area contributed by atoms with Crippen LogP contribution in [0.1, 0.15) is 15.9 Å². The van der Waals surface area contributed by atoms with Gasteiger partial charge >= 0.3 is 5.97 Å². The first-order chi connectivity index (χ1) is 11.0. The molecule has 0 bridgehead atoms. The summed E-state index contributed by atoms with van der Waals surface area (Å²) in [5.41, 5.74) is 1.61. The van der Waals surface area contributed by atoms with Gasteiger partial charge in [0.1, 0.15) is 5.75 Å². The minimum atomic E-state index is -0.524. The van der Waals surface area contributed by atoms with E-state index in [0.29, 0.717) is 16.5 Å². The minimum Gasteiger partial charge on any atom is -0.482 e. The summed E-state index contributed by atoms with van der Waals surface area (Å²) in [6.07, 6.45) is 0. The van der Waals surface area contributed by atoms with Gasteiger partial charge < -0.3 is 14.8 Å². The Morgan fingerprint density at radius 3 is 2.65 bits per heavy atom. The second-order valence-corrected chi connectivity index (χ2v) is 5.22. The van der Waals surface area contributed by atoms with Gasteiger partial charge in [0.25, 0.3) is 5.91 Å². The van der Waals surface area contributed by atoms with Gasteiger partial charge in [-0.05, 0) is 36.8 Å². The van der Waals surface area contributed by atoms with Crippen LogP contribution in [-0.4, -0.2) is 25.6 Å². The molecule has 1 amide bonds. The molecule has 5 nitrogen and oxygen atoms in total. The lowest BCUT2D eigenvalue weighted by molar-refractivity contribution is -0.118. The number of para-hydroxylation sites is 1. The van der Waals surface area contributed by atoms with Gasteiger partial charge in [-0.25, -0.2) is 4.79 Å². The van der Waals surface area contributed by atoms with Gasteiger partial charge in [0.2, 0.25) is 0 Å². The number of anilines is 1. The van der Waals surface area contributed by atoms with Gasteiger partial charge in [0.05, 0.1) is 23.4 Å². The van der Waals surface area contributed by atoms with Crippen LogP contribution in [0.3, 0.4) is 0 Å². The van der Waals surface area contributed by atoms with E-state index in [-0.39, 0.29) is 12.2 Å². The molecule has 2 rings (SSSR count). The Morgan fingerprint density at radius 2 is 1.91 bits per heavy atom. The van der Waals surface area contributed by atoms with E-state index in [0.717, 1.165) is 5.56 Å². The van der Waals surface area contributed by atoms with Crippen LogP contribution >= 0.6 is 11.6 Å². The molecular formula is C17H16ClNO4. The number of ether oxygens (including phenoxy) is 2. The Balaban J connectivity index is 2.03. The highest BCUT2D eigenvalue weighted by molar-refractivity contribution is 6.32. The molecule has 0 aliphatic heterocycles. The zero-order valence-corrected chi connectivity index (χ0v) is 13.5. The quantitative estimate of drug-likeness (QED) is 0.851.